The van der Waals surface area contributed by atoms with Gasteiger partial charge in [-0.25, -0.2) is 14.4 Å². The SMILES string of the molecule is Cc1nc(N2CC3(CC(c4nnc5n4-c4ccc(Cl)cc4CN(CC4(C#N)CC4)C5)C3)C2)ncc1F. The zero-order chi connectivity index (χ0) is 24.7. The van der Waals surface area contributed by atoms with E-state index in [-0.39, 0.29) is 16.6 Å². The molecular weight excluding hydrogens is 479 g/mol. The maximum absolute atomic E-state index is 13.6. The van der Waals surface area contributed by atoms with E-state index in [1.54, 1.807) is 6.92 Å². The highest BCUT2D eigenvalue weighted by Gasteiger charge is 2.55. The maximum atomic E-state index is 13.6. The molecule has 0 radical (unpaired) electrons. The van der Waals surface area contributed by atoms with Gasteiger partial charge in [0, 0.05) is 42.5 Å². The lowest BCUT2D eigenvalue weighted by Gasteiger charge is -2.58. The van der Waals surface area contributed by atoms with Crippen molar-refractivity contribution in [2.75, 3.05) is 24.5 Å². The summed E-state index contributed by atoms with van der Waals surface area (Å²) in [7, 11) is 0. The van der Waals surface area contributed by atoms with E-state index in [0.717, 1.165) is 74.8 Å². The van der Waals surface area contributed by atoms with E-state index in [9.17, 15) is 9.65 Å². The third-order valence-electron chi connectivity index (χ3n) is 8.38. The van der Waals surface area contributed by atoms with Crippen molar-refractivity contribution in [3.8, 4) is 11.8 Å². The molecule has 2 aliphatic carbocycles. The van der Waals surface area contributed by atoms with Gasteiger partial charge in [-0.3, -0.25) is 9.47 Å². The fraction of sp³-hybridized carbons (Fsp3) is 0.500. The second kappa shape index (κ2) is 7.70. The average molecular weight is 505 g/mol. The first-order chi connectivity index (χ1) is 17.4. The molecule has 7 rings (SSSR count). The molecule has 36 heavy (non-hydrogen) atoms. The standard InChI is InChI=1S/C26H26ClFN8/c1-16-20(28)9-30-24(31-16)35-14-26(15-35)7-18(8-26)23-33-32-22-11-34(13-25(12-29)4-5-25)10-17-6-19(27)2-3-21(17)36(22)23/h2-3,6,9,18H,4-5,7-8,10-11,13-15H2,1H3. The van der Waals surface area contributed by atoms with Crippen molar-refractivity contribution in [2.24, 2.45) is 10.8 Å². The van der Waals surface area contributed by atoms with Crippen LogP contribution in [0, 0.1) is 34.9 Å². The van der Waals surface area contributed by atoms with Crippen LogP contribution in [0.3, 0.4) is 0 Å². The van der Waals surface area contributed by atoms with Gasteiger partial charge in [0.2, 0.25) is 5.95 Å². The molecule has 10 heteroatoms. The minimum absolute atomic E-state index is 0.222. The first-order valence-corrected chi connectivity index (χ1v) is 12.8. The number of nitrogens with zero attached hydrogens (tertiary/aromatic N) is 8. The zero-order valence-corrected chi connectivity index (χ0v) is 20.8. The molecule has 0 unspecified atom stereocenters. The van der Waals surface area contributed by atoms with Gasteiger partial charge in [0.25, 0.3) is 0 Å². The number of fused-ring (bicyclic) bond motifs is 3. The van der Waals surface area contributed by atoms with Gasteiger partial charge in [0.1, 0.15) is 5.82 Å². The van der Waals surface area contributed by atoms with E-state index in [0.29, 0.717) is 29.1 Å². The van der Waals surface area contributed by atoms with Crippen LogP contribution in [-0.4, -0.2) is 49.3 Å². The van der Waals surface area contributed by atoms with E-state index < -0.39 is 0 Å². The number of hydrogen-bond acceptors (Lipinski definition) is 7. The fourth-order valence-electron chi connectivity index (χ4n) is 6.27. The Morgan fingerprint density at radius 3 is 2.72 bits per heavy atom. The molecule has 1 aromatic carbocycles. The number of hydrogen-bond donors (Lipinski definition) is 0. The van der Waals surface area contributed by atoms with E-state index in [1.807, 2.05) is 12.1 Å². The van der Waals surface area contributed by atoms with Gasteiger partial charge in [0.15, 0.2) is 11.6 Å². The summed E-state index contributed by atoms with van der Waals surface area (Å²) in [6.45, 7) is 5.57. The fourth-order valence-corrected chi connectivity index (χ4v) is 6.47. The second-order valence-corrected chi connectivity index (χ2v) is 11.6. The van der Waals surface area contributed by atoms with Crippen molar-refractivity contribution in [3.05, 3.63) is 58.1 Å². The predicted molar refractivity (Wildman–Crippen MR) is 131 cm³/mol. The number of anilines is 1. The summed E-state index contributed by atoms with van der Waals surface area (Å²) in [5.74, 6) is 2.50. The summed E-state index contributed by atoms with van der Waals surface area (Å²) < 4.78 is 15.8. The number of aryl methyl sites for hydroxylation is 1. The van der Waals surface area contributed by atoms with Gasteiger partial charge >= 0.3 is 0 Å². The maximum Gasteiger partial charge on any atom is 0.225 e. The van der Waals surface area contributed by atoms with E-state index in [1.165, 1.54) is 6.20 Å². The molecule has 2 saturated carbocycles. The quantitative estimate of drug-likeness (QED) is 0.527. The Morgan fingerprint density at radius 1 is 1.19 bits per heavy atom. The summed E-state index contributed by atoms with van der Waals surface area (Å²) in [6.07, 6.45) is 5.25. The summed E-state index contributed by atoms with van der Waals surface area (Å²) in [6, 6.07) is 8.56. The van der Waals surface area contributed by atoms with Crippen LogP contribution in [0.5, 0.6) is 0 Å². The number of rotatable bonds is 4. The smallest absolute Gasteiger partial charge is 0.225 e. The minimum atomic E-state index is -0.370. The number of aromatic nitrogens is 5. The molecular formula is C26H26ClFN8. The van der Waals surface area contributed by atoms with Crippen molar-refractivity contribution in [3.63, 3.8) is 0 Å². The van der Waals surface area contributed by atoms with Crippen molar-refractivity contribution < 1.29 is 4.39 Å². The Bertz CT molecular complexity index is 1410. The van der Waals surface area contributed by atoms with Crippen LogP contribution in [0.1, 0.15) is 54.5 Å². The first kappa shape index (κ1) is 22.1. The summed E-state index contributed by atoms with van der Waals surface area (Å²) >= 11 is 6.39. The third-order valence-corrected chi connectivity index (χ3v) is 8.61. The minimum Gasteiger partial charge on any atom is -0.340 e. The van der Waals surface area contributed by atoms with E-state index in [4.69, 9.17) is 11.6 Å². The predicted octanol–water partition coefficient (Wildman–Crippen LogP) is 4.16. The molecule has 2 aromatic heterocycles. The van der Waals surface area contributed by atoms with Crippen molar-refractivity contribution in [2.45, 2.75) is 51.6 Å². The third kappa shape index (κ3) is 3.50. The number of nitriles is 1. The number of halogens is 2. The van der Waals surface area contributed by atoms with Crippen molar-refractivity contribution in [1.29, 1.82) is 5.26 Å². The Balaban J connectivity index is 1.12. The summed E-state index contributed by atoms with van der Waals surface area (Å²) in [5, 5.41) is 19.7. The van der Waals surface area contributed by atoms with Gasteiger partial charge in [-0.2, -0.15) is 5.26 Å². The molecule has 3 fully saturated rings. The average Bonchev–Trinajstić information content (AvgIpc) is 3.49. The summed E-state index contributed by atoms with van der Waals surface area (Å²) in [4.78, 5) is 12.9. The molecule has 2 aliphatic heterocycles. The normalized spacial score (nSPS) is 21.7. The molecule has 1 saturated heterocycles. The summed E-state index contributed by atoms with van der Waals surface area (Å²) in [5.41, 5.74) is 2.62. The van der Waals surface area contributed by atoms with Gasteiger partial charge in [-0.1, -0.05) is 11.6 Å². The molecule has 0 bridgehead atoms. The first-order valence-electron chi connectivity index (χ1n) is 12.5. The lowest BCUT2D eigenvalue weighted by Crippen LogP contribution is -2.62. The van der Waals surface area contributed by atoms with Crippen LogP contribution in [0.2, 0.25) is 5.02 Å². The molecule has 8 nitrogen and oxygen atoms in total. The van der Waals surface area contributed by atoms with Crippen LogP contribution in [0.4, 0.5) is 10.3 Å². The molecule has 0 N–H and O–H groups in total. The van der Waals surface area contributed by atoms with Gasteiger partial charge in [-0.05, 0) is 56.4 Å². The zero-order valence-electron chi connectivity index (χ0n) is 20.1. The van der Waals surface area contributed by atoms with Gasteiger partial charge in [0.05, 0.1) is 35.6 Å². The van der Waals surface area contributed by atoms with Gasteiger partial charge < -0.3 is 4.90 Å². The highest BCUT2D eigenvalue weighted by Crippen LogP contribution is 2.56. The second-order valence-electron chi connectivity index (χ2n) is 11.2. The Morgan fingerprint density at radius 2 is 2.00 bits per heavy atom. The largest absolute Gasteiger partial charge is 0.340 e. The van der Waals surface area contributed by atoms with Crippen LogP contribution >= 0.6 is 11.6 Å². The molecule has 4 aliphatic rings. The van der Waals surface area contributed by atoms with Crippen LogP contribution in [0.15, 0.2) is 24.4 Å². The number of benzene rings is 1. The van der Waals surface area contributed by atoms with Crippen LogP contribution in [-0.2, 0) is 13.1 Å². The van der Waals surface area contributed by atoms with Crippen LogP contribution < -0.4 is 4.90 Å². The monoisotopic (exact) mass is 504 g/mol. The molecule has 0 atom stereocenters. The topological polar surface area (TPSA) is 86.8 Å². The molecule has 0 amide bonds. The Kier molecular flexibility index (Phi) is 4.74. The Labute approximate surface area is 213 Å². The highest BCUT2D eigenvalue weighted by molar-refractivity contribution is 6.30. The molecule has 184 valence electrons. The molecule has 1 spiro atoms. The van der Waals surface area contributed by atoms with Gasteiger partial charge in [-0.15, -0.1) is 10.2 Å². The van der Waals surface area contributed by atoms with E-state index >= 15 is 0 Å². The lowest BCUT2D eigenvalue weighted by molar-refractivity contribution is 0.0574. The van der Waals surface area contributed by atoms with Crippen LogP contribution in [0.25, 0.3) is 5.69 Å². The lowest BCUT2D eigenvalue weighted by atomic mass is 9.57. The molecule has 3 aromatic rings. The van der Waals surface area contributed by atoms with E-state index in [2.05, 4.69) is 46.7 Å². The Hall–Kier alpha value is -3.09. The van der Waals surface area contributed by atoms with Crippen molar-refractivity contribution >= 4 is 17.5 Å². The highest BCUT2D eigenvalue weighted by atomic mass is 35.5. The molecule has 4 heterocycles. The van der Waals surface area contributed by atoms with Crippen molar-refractivity contribution in [1.82, 2.24) is 29.6 Å².